The summed E-state index contributed by atoms with van der Waals surface area (Å²) in [6.45, 7) is 3.44. The lowest BCUT2D eigenvalue weighted by Gasteiger charge is -2.12. The number of aryl methyl sites for hydroxylation is 2. The highest BCUT2D eigenvalue weighted by molar-refractivity contribution is 7.89. The zero-order chi connectivity index (χ0) is 13.8. The summed E-state index contributed by atoms with van der Waals surface area (Å²) in [5.74, 6) is -0.441. The SMILES string of the molecule is Cc1cc(F)cc(C)c1S(=O)(=O)NCCCCO. The minimum atomic E-state index is -3.62. The molecule has 0 atom stereocenters. The van der Waals surface area contributed by atoms with Gasteiger partial charge in [-0.05, 0) is 49.9 Å². The van der Waals surface area contributed by atoms with Crippen LogP contribution in [0.2, 0.25) is 0 Å². The Morgan fingerprint density at radius 2 is 1.78 bits per heavy atom. The average Bonchev–Trinajstić information content (AvgIpc) is 2.22. The van der Waals surface area contributed by atoms with Gasteiger partial charge >= 0.3 is 0 Å². The van der Waals surface area contributed by atoms with Crippen molar-refractivity contribution in [3.8, 4) is 0 Å². The molecule has 4 nitrogen and oxygen atoms in total. The quantitative estimate of drug-likeness (QED) is 0.773. The molecule has 0 saturated heterocycles. The summed E-state index contributed by atoms with van der Waals surface area (Å²) >= 11 is 0. The summed E-state index contributed by atoms with van der Waals surface area (Å²) in [5.41, 5.74) is 0.782. The number of aliphatic hydroxyl groups excluding tert-OH is 1. The third-order valence-electron chi connectivity index (χ3n) is 2.57. The van der Waals surface area contributed by atoms with E-state index in [2.05, 4.69) is 4.72 Å². The fraction of sp³-hybridized carbons (Fsp3) is 0.500. The van der Waals surface area contributed by atoms with Crippen LogP contribution in [0.15, 0.2) is 17.0 Å². The van der Waals surface area contributed by atoms with Crippen LogP contribution < -0.4 is 4.72 Å². The molecule has 0 aromatic heterocycles. The van der Waals surface area contributed by atoms with Crippen molar-refractivity contribution in [3.05, 3.63) is 29.1 Å². The molecule has 0 amide bonds. The van der Waals surface area contributed by atoms with Crippen molar-refractivity contribution >= 4 is 10.0 Å². The fourth-order valence-corrected chi connectivity index (χ4v) is 3.36. The van der Waals surface area contributed by atoms with Gasteiger partial charge in [0.1, 0.15) is 5.82 Å². The highest BCUT2D eigenvalue weighted by Crippen LogP contribution is 2.21. The van der Waals surface area contributed by atoms with Crippen LogP contribution in [0.4, 0.5) is 4.39 Å². The first-order valence-electron chi connectivity index (χ1n) is 5.76. The molecule has 0 heterocycles. The van der Waals surface area contributed by atoms with E-state index >= 15 is 0 Å². The summed E-state index contributed by atoms with van der Waals surface area (Å²) in [4.78, 5) is 0.132. The number of rotatable bonds is 6. The second kappa shape index (κ2) is 6.26. The van der Waals surface area contributed by atoms with E-state index in [4.69, 9.17) is 5.11 Å². The van der Waals surface area contributed by atoms with Crippen molar-refractivity contribution < 1.29 is 17.9 Å². The Hall–Kier alpha value is -0.980. The van der Waals surface area contributed by atoms with Gasteiger partial charge in [-0.1, -0.05) is 0 Å². The van der Waals surface area contributed by atoms with Gasteiger partial charge in [-0.2, -0.15) is 0 Å². The molecule has 1 rings (SSSR count). The van der Waals surface area contributed by atoms with E-state index < -0.39 is 15.8 Å². The van der Waals surface area contributed by atoms with Gasteiger partial charge in [0, 0.05) is 13.2 Å². The Balaban J connectivity index is 2.92. The van der Waals surface area contributed by atoms with Gasteiger partial charge in [0.2, 0.25) is 10.0 Å². The van der Waals surface area contributed by atoms with Gasteiger partial charge < -0.3 is 5.11 Å². The molecule has 18 heavy (non-hydrogen) atoms. The van der Waals surface area contributed by atoms with E-state index in [-0.39, 0.29) is 18.0 Å². The molecular weight excluding hydrogens is 257 g/mol. The largest absolute Gasteiger partial charge is 0.396 e. The Labute approximate surface area is 107 Å². The normalized spacial score (nSPS) is 11.8. The molecule has 0 radical (unpaired) electrons. The van der Waals surface area contributed by atoms with Crippen molar-refractivity contribution in [2.45, 2.75) is 31.6 Å². The van der Waals surface area contributed by atoms with E-state index in [0.29, 0.717) is 24.0 Å². The van der Waals surface area contributed by atoms with E-state index in [9.17, 15) is 12.8 Å². The lowest BCUT2D eigenvalue weighted by atomic mass is 10.1. The highest BCUT2D eigenvalue weighted by Gasteiger charge is 2.19. The molecule has 0 aliphatic rings. The van der Waals surface area contributed by atoms with Crippen LogP contribution >= 0.6 is 0 Å². The van der Waals surface area contributed by atoms with Gasteiger partial charge in [-0.3, -0.25) is 0 Å². The van der Waals surface area contributed by atoms with Crippen molar-refractivity contribution in [1.82, 2.24) is 4.72 Å². The smallest absolute Gasteiger partial charge is 0.241 e. The number of unbranched alkanes of at least 4 members (excludes halogenated alkanes) is 1. The van der Waals surface area contributed by atoms with Crippen LogP contribution in [0.5, 0.6) is 0 Å². The van der Waals surface area contributed by atoms with Crippen LogP contribution in [0.25, 0.3) is 0 Å². The predicted octanol–water partition coefficient (Wildman–Crippen LogP) is 1.49. The van der Waals surface area contributed by atoms with Crippen molar-refractivity contribution in [3.63, 3.8) is 0 Å². The average molecular weight is 275 g/mol. The topological polar surface area (TPSA) is 66.4 Å². The molecule has 2 N–H and O–H groups in total. The van der Waals surface area contributed by atoms with Crippen LogP contribution in [0.1, 0.15) is 24.0 Å². The maximum atomic E-state index is 13.1. The maximum absolute atomic E-state index is 13.1. The van der Waals surface area contributed by atoms with Gasteiger partial charge in [0.25, 0.3) is 0 Å². The summed E-state index contributed by atoms with van der Waals surface area (Å²) in [7, 11) is -3.62. The molecule has 1 aromatic rings. The number of halogens is 1. The summed E-state index contributed by atoms with van der Waals surface area (Å²) < 4.78 is 39.7. The minimum absolute atomic E-state index is 0.0380. The Bertz CT molecular complexity index is 491. The second-order valence-corrected chi connectivity index (χ2v) is 5.90. The number of sulfonamides is 1. The molecule has 0 bridgehead atoms. The first kappa shape index (κ1) is 15.1. The monoisotopic (exact) mass is 275 g/mol. The first-order chi connectivity index (χ1) is 8.38. The number of aliphatic hydroxyl groups is 1. The number of benzene rings is 1. The standard InChI is InChI=1S/C12H18FNO3S/c1-9-7-11(13)8-10(2)12(9)18(16,17)14-5-3-4-6-15/h7-8,14-15H,3-6H2,1-2H3. The maximum Gasteiger partial charge on any atom is 0.241 e. The number of nitrogens with one attached hydrogen (secondary N) is 1. The highest BCUT2D eigenvalue weighted by atomic mass is 32.2. The zero-order valence-corrected chi connectivity index (χ0v) is 11.3. The molecule has 0 spiro atoms. The fourth-order valence-electron chi connectivity index (χ4n) is 1.84. The van der Waals surface area contributed by atoms with E-state index in [1.165, 1.54) is 12.1 Å². The van der Waals surface area contributed by atoms with E-state index in [1.807, 2.05) is 0 Å². The third-order valence-corrected chi connectivity index (χ3v) is 4.34. The summed E-state index contributed by atoms with van der Waals surface area (Å²) in [5, 5.41) is 8.61. The molecule has 6 heteroatoms. The first-order valence-corrected chi connectivity index (χ1v) is 7.24. The number of hydrogen-bond donors (Lipinski definition) is 2. The minimum Gasteiger partial charge on any atom is -0.396 e. The van der Waals surface area contributed by atoms with Crippen LogP contribution in [-0.2, 0) is 10.0 Å². The molecule has 0 aliphatic heterocycles. The third kappa shape index (κ3) is 3.76. The van der Waals surface area contributed by atoms with Crippen molar-refractivity contribution in [2.24, 2.45) is 0 Å². The van der Waals surface area contributed by atoms with Crippen LogP contribution in [0.3, 0.4) is 0 Å². The lowest BCUT2D eigenvalue weighted by Crippen LogP contribution is -2.26. The van der Waals surface area contributed by atoms with Gasteiger partial charge in [0.05, 0.1) is 4.90 Å². The van der Waals surface area contributed by atoms with E-state index in [0.717, 1.165) is 0 Å². The second-order valence-electron chi connectivity index (χ2n) is 4.20. The van der Waals surface area contributed by atoms with Gasteiger partial charge in [-0.25, -0.2) is 17.5 Å². The Kier molecular flexibility index (Phi) is 5.25. The van der Waals surface area contributed by atoms with E-state index in [1.54, 1.807) is 13.8 Å². The molecule has 0 unspecified atom stereocenters. The number of hydrogen-bond acceptors (Lipinski definition) is 3. The zero-order valence-electron chi connectivity index (χ0n) is 10.5. The molecule has 1 aromatic carbocycles. The molecule has 0 saturated carbocycles. The Morgan fingerprint density at radius 3 is 2.28 bits per heavy atom. The summed E-state index contributed by atoms with van der Waals surface area (Å²) in [6.07, 6.45) is 1.11. The van der Waals surface area contributed by atoms with Gasteiger partial charge in [-0.15, -0.1) is 0 Å². The van der Waals surface area contributed by atoms with Crippen LogP contribution in [-0.4, -0.2) is 26.7 Å². The molecular formula is C12H18FNO3S. The predicted molar refractivity (Wildman–Crippen MR) is 67.4 cm³/mol. The van der Waals surface area contributed by atoms with Crippen molar-refractivity contribution in [1.29, 1.82) is 0 Å². The lowest BCUT2D eigenvalue weighted by molar-refractivity contribution is 0.285. The molecule has 0 fully saturated rings. The van der Waals surface area contributed by atoms with Crippen LogP contribution in [0, 0.1) is 19.7 Å². The summed E-state index contributed by atoms with van der Waals surface area (Å²) in [6, 6.07) is 2.41. The molecule has 0 aliphatic carbocycles. The van der Waals surface area contributed by atoms with Crippen molar-refractivity contribution in [2.75, 3.05) is 13.2 Å². The molecule has 102 valence electrons. The Morgan fingerprint density at radius 1 is 1.22 bits per heavy atom. The van der Waals surface area contributed by atoms with Gasteiger partial charge in [0.15, 0.2) is 0 Å².